The van der Waals surface area contributed by atoms with Gasteiger partial charge >= 0.3 is 6.03 Å². The lowest BCUT2D eigenvalue weighted by atomic mass is 9.81. The Balaban J connectivity index is 1.71. The van der Waals surface area contributed by atoms with Crippen LogP contribution in [0.1, 0.15) is 51.6 Å². The van der Waals surface area contributed by atoms with Gasteiger partial charge in [-0.3, -0.25) is 0 Å². The van der Waals surface area contributed by atoms with Crippen molar-refractivity contribution in [1.29, 1.82) is 0 Å². The van der Waals surface area contributed by atoms with E-state index >= 15 is 0 Å². The fraction of sp³-hybridized carbons (Fsp3) is 0.480. The molecule has 2 aliphatic rings. The van der Waals surface area contributed by atoms with Crippen LogP contribution in [0.15, 0.2) is 42.5 Å². The summed E-state index contributed by atoms with van der Waals surface area (Å²) in [6.45, 7) is 7.92. The summed E-state index contributed by atoms with van der Waals surface area (Å²) in [6, 6.07) is 14.0. The normalized spacial score (nSPS) is 19.4. The maximum Gasteiger partial charge on any atom is 0.315 e. The Morgan fingerprint density at radius 3 is 2.71 bits per heavy atom. The van der Waals surface area contributed by atoms with Crippen molar-refractivity contribution in [2.45, 2.75) is 57.8 Å². The van der Waals surface area contributed by atoms with E-state index in [0.717, 1.165) is 47.5 Å². The molecule has 1 fully saturated rings. The van der Waals surface area contributed by atoms with Crippen LogP contribution >= 0.6 is 0 Å². The largest absolute Gasteiger partial charge is 0.490 e. The molecule has 2 amide bonds. The third-order valence-corrected chi connectivity index (χ3v) is 5.90. The van der Waals surface area contributed by atoms with Crippen LogP contribution in [0.25, 0.3) is 11.1 Å². The van der Waals surface area contributed by atoms with E-state index in [4.69, 9.17) is 14.2 Å². The third-order valence-electron chi connectivity index (χ3n) is 5.90. The first-order chi connectivity index (χ1) is 15.0. The highest BCUT2D eigenvalue weighted by Crippen LogP contribution is 2.46. The Labute approximate surface area is 184 Å². The van der Waals surface area contributed by atoms with Crippen molar-refractivity contribution in [1.82, 2.24) is 10.6 Å². The van der Waals surface area contributed by atoms with Crippen LogP contribution in [-0.2, 0) is 4.74 Å². The van der Waals surface area contributed by atoms with Crippen LogP contribution in [0.5, 0.6) is 11.5 Å². The lowest BCUT2D eigenvalue weighted by molar-refractivity contribution is -0.0637. The molecule has 0 aliphatic carbocycles. The number of nitrogens with one attached hydrogen (secondary N) is 2. The monoisotopic (exact) mass is 424 g/mol. The molecule has 1 unspecified atom stereocenters. The van der Waals surface area contributed by atoms with Crippen molar-refractivity contribution >= 4 is 6.03 Å². The maximum absolute atomic E-state index is 12.4. The highest BCUT2D eigenvalue weighted by Gasteiger charge is 2.43. The Morgan fingerprint density at radius 1 is 1.19 bits per heavy atom. The van der Waals surface area contributed by atoms with Gasteiger partial charge in [-0.15, -0.1) is 0 Å². The first kappa shape index (κ1) is 21.5. The predicted octanol–water partition coefficient (Wildman–Crippen LogP) is 4.83. The van der Waals surface area contributed by atoms with E-state index in [9.17, 15) is 4.79 Å². The first-order valence-electron chi connectivity index (χ1n) is 11.2. The van der Waals surface area contributed by atoms with E-state index in [1.807, 2.05) is 45.0 Å². The second-order valence-electron chi connectivity index (χ2n) is 8.57. The van der Waals surface area contributed by atoms with E-state index in [1.54, 1.807) is 0 Å². The van der Waals surface area contributed by atoms with Crippen molar-refractivity contribution in [3.05, 3.63) is 48.0 Å². The number of carbonyl (C=O) groups excluding carboxylic acids is 1. The summed E-state index contributed by atoms with van der Waals surface area (Å²) in [4.78, 5) is 12.4. The van der Waals surface area contributed by atoms with Crippen LogP contribution in [0.4, 0.5) is 4.79 Å². The van der Waals surface area contributed by atoms with Gasteiger partial charge in [-0.25, -0.2) is 4.79 Å². The molecule has 1 spiro atoms. The van der Waals surface area contributed by atoms with E-state index in [1.165, 1.54) is 0 Å². The zero-order chi connectivity index (χ0) is 21.8. The van der Waals surface area contributed by atoms with Crippen molar-refractivity contribution < 1.29 is 19.0 Å². The van der Waals surface area contributed by atoms with Gasteiger partial charge in [0.05, 0.1) is 25.4 Å². The first-order valence-corrected chi connectivity index (χ1v) is 11.2. The number of fused-ring (bicyclic) bond motifs is 1. The molecule has 31 heavy (non-hydrogen) atoms. The minimum Gasteiger partial charge on any atom is -0.490 e. The zero-order valence-corrected chi connectivity index (χ0v) is 18.6. The molecule has 166 valence electrons. The molecule has 4 rings (SSSR count). The van der Waals surface area contributed by atoms with Gasteiger partial charge in [0.15, 0.2) is 0 Å². The van der Waals surface area contributed by atoms with Crippen molar-refractivity contribution in [2.24, 2.45) is 0 Å². The Kier molecular flexibility index (Phi) is 6.37. The van der Waals surface area contributed by atoms with Gasteiger partial charge in [0, 0.05) is 36.9 Å². The van der Waals surface area contributed by atoms with Gasteiger partial charge in [-0.05, 0) is 44.5 Å². The van der Waals surface area contributed by atoms with Crippen LogP contribution in [0.2, 0.25) is 0 Å². The van der Waals surface area contributed by atoms with E-state index in [2.05, 4.69) is 28.8 Å². The van der Waals surface area contributed by atoms with Crippen LogP contribution in [-0.4, -0.2) is 37.5 Å². The molecule has 1 atom stereocenters. The average Bonchev–Trinajstić information content (AvgIpc) is 2.74. The smallest absolute Gasteiger partial charge is 0.315 e. The fourth-order valence-electron chi connectivity index (χ4n) is 4.45. The number of amides is 2. The summed E-state index contributed by atoms with van der Waals surface area (Å²) in [6.07, 6.45) is 2.47. The molecular formula is C25H32N2O4. The summed E-state index contributed by atoms with van der Waals surface area (Å²) in [7, 11) is 0. The van der Waals surface area contributed by atoms with Crippen molar-refractivity contribution in [3.8, 4) is 22.6 Å². The van der Waals surface area contributed by atoms with Gasteiger partial charge in [0.1, 0.15) is 17.1 Å². The lowest BCUT2D eigenvalue weighted by Gasteiger charge is -2.44. The molecule has 6 heteroatoms. The Hall–Kier alpha value is -2.73. The molecule has 2 heterocycles. The van der Waals surface area contributed by atoms with Gasteiger partial charge in [0.25, 0.3) is 0 Å². The molecule has 2 N–H and O–H groups in total. The number of ether oxygens (including phenoxy) is 3. The zero-order valence-electron chi connectivity index (χ0n) is 18.6. The van der Waals surface area contributed by atoms with Crippen molar-refractivity contribution in [3.63, 3.8) is 0 Å². The molecule has 0 aromatic heterocycles. The fourth-order valence-corrected chi connectivity index (χ4v) is 4.45. The number of rotatable bonds is 5. The molecule has 2 aromatic carbocycles. The molecular weight excluding hydrogens is 392 g/mol. The minimum absolute atomic E-state index is 0.0858. The topological polar surface area (TPSA) is 68.8 Å². The third kappa shape index (κ3) is 4.79. The summed E-state index contributed by atoms with van der Waals surface area (Å²) >= 11 is 0. The number of para-hydroxylation sites is 1. The number of carbonyl (C=O) groups is 1. The summed E-state index contributed by atoms with van der Waals surface area (Å²) < 4.78 is 18.1. The van der Waals surface area contributed by atoms with Gasteiger partial charge < -0.3 is 24.8 Å². The average molecular weight is 425 g/mol. The molecule has 2 aromatic rings. The van der Waals surface area contributed by atoms with Crippen LogP contribution in [0.3, 0.4) is 0 Å². The molecule has 2 aliphatic heterocycles. The van der Waals surface area contributed by atoms with Gasteiger partial charge in [-0.1, -0.05) is 24.3 Å². The minimum atomic E-state index is -0.296. The predicted molar refractivity (Wildman–Crippen MR) is 121 cm³/mol. The van der Waals surface area contributed by atoms with Crippen LogP contribution < -0.4 is 20.1 Å². The molecule has 0 saturated carbocycles. The second-order valence-corrected chi connectivity index (χ2v) is 8.57. The number of hydrogen-bond donors (Lipinski definition) is 2. The van der Waals surface area contributed by atoms with E-state index in [-0.39, 0.29) is 23.8 Å². The maximum atomic E-state index is 12.4. The number of urea groups is 1. The lowest BCUT2D eigenvalue weighted by Crippen LogP contribution is -2.49. The summed E-state index contributed by atoms with van der Waals surface area (Å²) in [5.41, 5.74) is 2.78. The Morgan fingerprint density at radius 2 is 1.97 bits per heavy atom. The summed E-state index contributed by atoms with van der Waals surface area (Å²) in [5, 5.41) is 6.03. The summed E-state index contributed by atoms with van der Waals surface area (Å²) in [5.74, 6) is 1.68. The highest BCUT2D eigenvalue weighted by atomic mass is 16.5. The standard InChI is InChI=1S/C25H32N2O4/c1-4-26-24(28)27-21-16-25(11-13-29-14-12-25)31-23-10-9-18(15-20(21)23)19-7-5-6-8-22(19)30-17(2)3/h5-10,15,17,21H,4,11-14,16H2,1-3H3,(H2,26,27,28). The molecule has 6 nitrogen and oxygen atoms in total. The quantitative estimate of drug-likeness (QED) is 0.721. The molecule has 0 radical (unpaired) electrons. The second kappa shape index (κ2) is 9.18. The number of hydrogen-bond acceptors (Lipinski definition) is 4. The Bertz CT molecular complexity index is 921. The van der Waals surface area contributed by atoms with Crippen molar-refractivity contribution in [2.75, 3.05) is 19.8 Å². The highest BCUT2D eigenvalue weighted by molar-refractivity contribution is 5.76. The number of benzene rings is 2. The molecule has 1 saturated heterocycles. The SMILES string of the molecule is CCNC(=O)NC1CC2(CCOCC2)Oc2ccc(-c3ccccc3OC(C)C)cc21. The van der Waals surface area contributed by atoms with Gasteiger partial charge in [-0.2, -0.15) is 0 Å². The van der Waals surface area contributed by atoms with E-state index < -0.39 is 0 Å². The van der Waals surface area contributed by atoms with Gasteiger partial charge in [0.2, 0.25) is 0 Å². The van der Waals surface area contributed by atoms with Crippen LogP contribution in [0, 0.1) is 0 Å². The molecule has 0 bridgehead atoms. The van der Waals surface area contributed by atoms with E-state index in [0.29, 0.717) is 19.8 Å².